The lowest BCUT2D eigenvalue weighted by molar-refractivity contribution is -0.145. The summed E-state index contributed by atoms with van der Waals surface area (Å²) in [6.07, 6.45) is -0.593. The van der Waals surface area contributed by atoms with Gasteiger partial charge in [-0.15, -0.1) is 0 Å². The first kappa shape index (κ1) is 37.0. The van der Waals surface area contributed by atoms with Crippen LogP contribution in [0, 0.1) is 5.92 Å². The van der Waals surface area contributed by atoms with E-state index in [9.17, 15) is 29.1 Å². The zero-order chi connectivity index (χ0) is 35.0. The number of carbonyl (C=O) groups excluding carboxylic acids is 5. The number of benzene rings is 2. The normalized spacial score (nSPS) is 19.3. The molecule has 0 unspecified atom stereocenters. The molecular weight excluding hydrogens is 689 g/mol. The van der Waals surface area contributed by atoms with Crippen molar-refractivity contribution in [2.24, 2.45) is 5.92 Å². The molecule has 48 heavy (non-hydrogen) atoms. The Hall–Kier alpha value is -3.78. The van der Waals surface area contributed by atoms with E-state index in [0.29, 0.717) is 24.8 Å². The molecule has 4 rings (SSSR count). The van der Waals surface area contributed by atoms with Gasteiger partial charge in [-0.05, 0) is 48.4 Å². The molecule has 0 radical (unpaired) electrons. The van der Waals surface area contributed by atoms with Crippen LogP contribution in [-0.4, -0.2) is 92.6 Å². The SMILES string of the molecule is CC(C)[C@H](NC(=O)OCC(Cl)(Cl)Cl)C(=O)N[C@@H](Cc1cccc(O)c1)C(=O)N1CCC[C@@H](C(=O)N2C(=O)OC[C@@H]2Cc2ccccc2)N1. The Bertz CT molecular complexity index is 1480. The smallest absolute Gasteiger partial charge is 0.417 e. The van der Waals surface area contributed by atoms with Gasteiger partial charge in [-0.1, -0.05) is 91.1 Å². The molecule has 0 saturated carbocycles. The van der Waals surface area contributed by atoms with Gasteiger partial charge in [0.2, 0.25) is 9.70 Å². The van der Waals surface area contributed by atoms with E-state index in [-0.39, 0.29) is 25.3 Å². The number of carbonyl (C=O) groups is 5. The molecule has 4 N–H and O–H groups in total. The Balaban J connectivity index is 1.49. The lowest BCUT2D eigenvalue weighted by Crippen LogP contribution is -2.63. The largest absolute Gasteiger partial charge is 0.508 e. The van der Waals surface area contributed by atoms with E-state index in [1.54, 1.807) is 26.0 Å². The average molecular weight is 727 g/mol. The molecule has 2 aliphatic rings. The van der Waals surface area contributed by atoms with Crippen LogP contribution in [0.4, 0.5) is 9.59 Å². The topological polar surface area (TPSA) is 167 Å². The Morgan fingerprint density at radius 1 is 1.06 bits per heavy atom. The summed E-state index contributed by atoms with van der Waals surface area (Å²) in [5.74, 6) is -2.27. The zero-order valence-corrected chi connectivity index (χ0v) is 28.6. The third-order valence-electron chi connectivity index (χ3n) is 7.82. The minimum Gasteiger partial charge on any atom is -0.508 e. The number of halogens is 3. The van der Waals surface area contributed by atoms with Gasteiger partial charge in [-0.2, -0.15) is 0 Å². The summed E-state index contributed by atoms with van der Waals surface area (Å²) in [6.45, 7) is 3.07. The molecule has 0 bridgehead atoms. The van der Waals surface area contributed by atoms with Crippen molar-refractivity contribution in [2.75, 3.05) is 19.8 Å². The predicted octanol–water partition coefficient (Wildman–Crippen LogP) is 3.63. The molecule has 2 aromatic carbocycles. The highest BCUT2D eigenvalue weighted by Crippen LogP contribution is 2.26. The van der Waals surface area contributed by atoms with Crippen LogP contribution >= 0.6 is 34.8 Å². The van der Waals surface area contributed by atoms with Crippen LogP contribution < -0.4 is 16.1 Å². The van der Waals surface area contributed by atoms with E-state index in [0.717, 1.165) is 10.5 Å². The van der Waals surface area contributed by atoms with Gasteiger partial charge in [0.15, 0.2) is 0 Å². The van der Waals surface area contributed by atoms with Gasteiger partial charge < -0.3 is 25.2 Å². The van der Waals surface area contributed by atoms with Gasteiger partial charge in [0.25, 0.3) is 11.8 Å². The zero-order valence-electron chi connectivity index (χ0n) is 26.4. The number of alkyl halides is 3. The molecule has 4 atom stereocenters. The van der Waals surface area contributed by atoms with Crippen molar-refractivity contribution in [2.45, 2.75) is 67.5 Å². The van der Waals surface area contributed by atoms with Gasteiger partial charge in [-0.3, -0.25) is 19.4 Å². The molecule has 0 aromatic heterocycles. The lowest BCUT2D eigenvalue weighted by atomic mass is 10.00. The van der Waals surface area contributed by atoms with E-state index in [1.165, 1.54) is 17.1 Å². The number of amides is 5. The molecule has 13 nitrogen and oxygen atoms in total. The van der Waals surface area contributed by atoms with Crippen LogP contribution in [0.1, 0.15) is 37.8 Å². The van der Waals surface area contributed by atoms with Crippen LogP contribution in [0.2, 0.25) is 0 Å². The summed E-state index contributed by atoms with van der Waals surface area (Å²) >= 11 is 17.0. The summed E-state index contributed by atoms with van der Waals surface area (Å²) in [5, 5.41) is 16.4. The maximum atomic E-state index is 14.0. The Kier molecular flexibility index (Phi) is 12.8. The quantitative estimate of drug-likeness (QED) is 0.253. The van der Waals surface area contributed by atoms with Gasteiger partial charge in [0, 0.05) is 13.0 Å². The lowest BCUT2D eigenvalue weighted by Gasteiger charge is -2.37. The molecule has 260 valence electrons. The number of hydrogen-bond acceptors (Lipinski definition) is 9. The molecule has 2 aliphatic heterocycles. The summed E-state index contributed by atoms with van der Waals surface area (Å²) in [5.41, 5.74) is 4.43. The first-order valence-electron chi connectivity index (χ1n) is 15.4. The number of cyclic esters (lactones) is 1. The predicted molar refractivity (Wildman–Crippen MR) is 177 cm³/mol. The highest BCUT2D eigenvalue weighted by molar-refractivity contribution is 6.67. The van der Waals surface area contributed by atoms with Gasteiger partial charge in [0.1, 0.15) is 37.1 Å². The number of nitrogens with zero attached hydrogens (tertiary/aromatic N) is 2. The van der Waals surface area contributed by atoms with Crippen molar-refractivity contribution in [3.63, 3.8) is 0 Å². The molecule has 2 saturated heterocycles. The number of hydrazine groups is 1. The van der Waals surface area contributed by atoms with Crippen molar-refractivity contribution in [1.29, 1.82) is 0 Å². The minimum atomic E-state index is -1.86. The van der Waals surface area contributed by atoms with Crippen molar-refractivity contribution in [3.05, 3.63) is 65.7 Å². The number of ether oxygens (including phenoxy) is 2. The van der Waals surface area contributed by atoms with Crippen molar-refractivity contribution in [3.8, 4) is 5.75 Å². The standard InChI is InChI=1S/C32H38Cl3N5O8/c1-19(2)26(37-30(45)48-18-32(33,34)35)27(42)36-25(16-21-10-6-11-23(41)15-21)28(43)39-13-7-12-24(38-39)29(44)40-22(17-47-31(40)46)14-20-8-4-3-5-9-20/h3-6,8-11,15,19,22,24-26,38,41H,7,12-14,16-18H2,1-2H3,(H,36,42)(H,37,45)/t22-,24-,25-,26-/m0/s1. The molecule has 2 heterocycles. The number of phenols is 1. The van der Waals surface area contributed by atoms with Crippen LogP contribution in [-0.2, 0) is 36.7 Å². The fourth-order valence-corrected chi connectivity index (χ4v) is 5.64. The maximum Gasteiger partial charge on any atom is 0.417 e. The van der Waals surface area contributed by atoms with Gasteiger partial charge in [0.05, 0.1) is 6.04 Å². The molecule has 2 aromatic rings. The monoisotopic (exact) mass is 725 g/mol. The van der Waals surface area contributed by atoms with Crippen LogP contribution in [0.5, 0.6) is 5.75 Å². The molecule has 2 fully saturated rings. The fraction of sp³-hybridized carbons (Fsp3) is 0.469. The fourth-order valence-electron chi connectivity index (χ4n) is 5.48. The first-order valence-corrected chi connectivity index (χ1v) is 16.5. The van der Waals surface area contributed by atoms with Gasteiger partial charge in [-0.25, -0.2) is 19.9 Å². The maximum absolute atomic E-state index is 14.0. The van der Waals surface area contributed by atoms with Crippen LogP contribution in [0.15, 0.2) is 54.6 Å². The Morgan fingerprint density at radius 3 is 2.44 bits per heavy atom. The number of aromatic hydroxyl groups is 1. The number of rotatable bonds is 11. The number of phenolic OH excluding ortho intramolecular Hbond substituents is 1. The molecule has 0 spiro atoms. The van der Waals surface area contributed by atoms with E-state index < -0.39 is 70.4 Å². The second kappa shape index (κ2) is 16.6. The van der Waals surface area contributed by atoms with E-state index in [1.807, 2.05) is 30.3 Å². The van der Waals surface area contributed by atoms with Crippen molar-refractivity contribution >= 4 is 64.7 Å². The Labute approximate surface area is 293 Å². The van der Waals surface area contributed by atoms with E-state index >= 15 is 0 Å². The summed E-state index contributed by atoms with van der Waals surface area (Å²) in [7, 11) is 0. The highest BCUT2D eigenvalue weighted by Gasteiger charge is 2.43. The number of imide groups is 1. The third kappa shape index (κ3) is 10.4. The average Bonchev–Trinajstić information content (AvgIpc) is 3.40. The van der Waals surface area contributed by atoms with Gasteiger partial charge >= 0.3 is 12.2 Å². The van der Waals surface area contributed by atoms with Crippen LogP contribution in [0.3, 0.4) is 0 Å². The minimum absolute atomic E-state index is 0.0319. The van der Waals surface area contributed by atoms with Crippen LogP contribution in [0.25, 0.3) is 0 Å². The number of alkyl carbamates (subject to hydrolysis) is 1. The van der Waals surface area contributed by atoms with E-state index in [4.69, 9.17) is 44.3 Å². The second-order valence-electron chi connectivity index (χ2n) is 11.9. The molecule has 16 heteroatoms. The molecular formula is C32H38Cl3N5O8. The highest BCUT2D eigenvalue weighted by atomic mass is 35.6. The second-order valence-corrected chi connectivity index (χ2v) is 14.5. The first-order chi connectivity index (χ1) is 22.7. The molecule has 0 aliphatic carbocycles. The van der Waals surface area contributed by atoms with Crippen molar-refractivity contribution in [1.82, 2.24) is 26.0 Å². The summed E-state index contributed by atoms with van der Waals surface area (Å²) in [6, 6.07) is 11.9. The Morgan fingerprint density at radius 2 is 1.77 bits per heavy atom. The summed E-state index contributed by atoms with van der Waals surface area (Å²) < 4.78 is 8.28. The van der Waals surface area contributed by atoms with E-state index in [2.05, 4.69) is 16.1 Å². The number of hydrogen-bond donors (Lipinski definition) is 4. The summed E-state index contributed by atoms with van der Waals surface area (Å²) in [4.78, 5) is 67.4. The molecule has 5 amide bonds. The third-order valence-corrected chi connectivity index (χ3v) is 8.14. The van der Waals surface area contributed by atoms with Crippen molar-refractivity contribution < 1.29 is 38.6 Å². The number of nitrogens with one attached hydrogen (secondary N) is 3.